The molecule has 4 aromatic rings. The van der Waals surface area contributed by atoms with Gasteiger partial charge in [-0.25, -0.2) is 37.1 Å². The number of halogens is 7. The summed E-state index contributed by atoms with van der Waals surface area (Å²) in [6, 6.07) is 5.82. The van der Waals surface area contributed by atoms with Crippen LogP contribution in [0.3, 0.4) is 0 Å². The molecule has 5 rings (SSSR count). The van der Waals surface area contributed by atoms with Gasteiger partial charge in [0.2, 0.25) is 28.9 Å². The Balaban J connectivity index is 1.49. The smallest absolute Gasteiger partial charge is 0.416 e. The molecular weight excluding hydrogens is 633 g/mol. The van der Waals surface area contributed by atoms with E-state index >= 15 is 13.2 Å². The fraction of sp³-hybridized carbons (Fsp3) is 0.250. The van der Waals surface area contributed by atoms with E-state index in [0.717, 1.165) is 18.2 Å². The van der Waals surface area contributed by atoms with Crippen molar-refractivity contribution in [3.63, 3.8) is 0 Å². The van der Waals surface area contributed by atoms with Gasteiger partial charge >= 0.3 is 6.18 Å². The first kappa shape index (κ1) is 32.2. The number of nitrogens with one attached hydrogen (secondary N) is 3. The molecule has 1 aliphatic heterocycles. The van der Waals surface area contributed by atoms with E-state index in [2.05, 4.69) is 25.6 Å². The number of rotatable bonds is 9. The summed E-state index contributed by atoms with van der Waals surface area (Å²) in [5.41, 5.74) is -3.14. The number of alkyl halides is 4. The van der Waals surface area contributed by atoms with Crippen molar-refractivity contribution >= 4 is 17.2 Å². The number of ether oxygens (including phenoxy) is 1. The predicted octanol–water partition coefficient (Wildman–Crippen LogP) is 5.69. The van der Waals surface area contributed by atoms with Crippen molar-refractivity contribution in [2.45, 2.75) is 30.9 Å². The zero-order chi connectivity index (χ0) is 32.3. The van der Waals surface area contributed by atoms with Gasteiger partial charge in [0.1, 0.15) is 12.0 Å². The monoisotopic (exact) mass is 656 g/mol. The fourth-order valence-electron chi connectivity index (χ4n) is 4.84. The molecule has 4 N–H and O–H groups in total. The first-order valence-corrected chi connectivity index (χ1v) is 14.3. The summed E-state index contributed by atoms with van der Waals surface area (Å²) in [7, 11) is 0. The molecule has 2 aromatic carbocycles. The van der Waals surface area contributed by atoms with E-state index in [-0.39, 0.29) is 42.1 Å². The third-order valence-corrected chi connectivity index (χ3v) is 7.22. The quantitative estimate of drug-likeness (QED) is 0.103. The van der Waals surface area contributed by atoms with Gasteiger partial charge in [0.25, 0.3) is 0 Å². The van der Waals surface area contributed by atoms with Crippen molar-refractivity contribution in [1.29, 1.82) is 0 Å². The second-order valence-corrected chi connectivity index (χ2v) is 10.6. The molecule has 0 bridgehead atoms. The van der Waals surface area contributed by atoms with E-state index in [1.807, 2.05) is 0 Å². The fourth-order valence-corrected chi connectivity index (χ4v) is 5.29. The summed E-state index contributed by atoms with van der Waals surface area (Å²) in [4.78, 5) is 12.5. The van der Waals surface area contributed by atoms with Crippen LogP contribution in [0, 0.1) is 17.5 Å². The van der Waals surface area contributed by atoms with Crippen LogP contribution in [0.4, 0.5) is 36.7 Å². The Kier molecular flexibility index (Phi) is 9.62. The van der Waals surface area contributed by atoms with Gasteiger partial charge < -0.3 is 15.4 Å². The van der Waals surface area contributed by atoms with Gasteiger partial charge in [-0.3, -0.25) is 4.55 Å². The maximum atomic E-state index is 15.5. The molecule has 0 radical (unpaired) electrons. The maximum absolute atomic E-state index is 15.5. The highest BCUT2D eigenvalue weighted by molar-refractivity contribution is 7.77. The number of pyridine rings is 1. The molecule has 2 unspecified atom stereocenters. The van der Waals surface area contributed by atoms with Gasteiger partial charge in [-0.05, 0) is 29.8 Å². The van der Waals surface area contributed by atoms with Crippen LogP contribution in [0.5, 0.6) is 11.6 Å². The third kappa shape index (κ3) is 7.38. The third-order valence-electron chi connectivity index (χ3n) is 6.78. The molecule has 1 saturated heterocycles. The van der Waals surface area contributed by atoms with Crippen molar-refractivity contribution in [1.82, 2.24) is 25.0 Å². The van der Waals surface area contributed by atoms with Gasteiger partial charge in [-0.1, -0.05) is 18.2 Å². The standard InChI is InChI=1S/C28H23F7N6O3S/c29-14-10-15(13-36-12-14)39-27-38-9-7-20(40-27)17-5-3-8-37-26(17)44-21-11-19(30)22(24(32)23(21)31)25(41-45(42)43)16-4-1-2-6-18(16)28(33,34)35/h1-9,11,14-15,25,36,41H,10,12-13H2,(H,42,43)(H,38,39,40)/t14-,15-,25?/m0/s1. The molecule has 45 heavy (non-hydrogen) atoms. The summed E-state index contributed by atoms with van der Waals surface area (Å²) < 4.78 is 129. The number of benzene rings is 2. The van der Waals surface area contributed by atoms with Crippen LogP contribution >= 0.6 is 0 Å². The molecule has 9 nitrogen and oxygen atoms in total. The molecule has 0 spiro atoms. The minimum atomic E-state index is -5.02. The highest BCUT2D eigenvalue weighted by atomic mass is 32.2. The van der Waals surface area contributed by atoms with E-state index < -0.39 is 69.5 Å². The highest BCUT2D eigenvalue weighted by Gasteiger charge is 2.38. The highest BCUT2D eigenvalue weighted by Crippen LogP contribution is 2.40. The molecule has 2 aromatic heterocycles. The second kappa shape index (κ2) is 13.4. The normalized spacial score (nSPS) is 18.3. The number of piperidine rings is 1. The lowest BCUT2D eigenvalue weighted by atomic mass is 9.93. The maximum Gasteiger partial charge on any atom is 0.416 e. The Hall–Kier alpha value is -4.19. The lowest BCUT2D eigenvalue weighted by Gasteiger charge is -2.26. The summed E-state index contributed by atoms with van der Waals surface area (Å²) in [6.45, 7) is 0.696. The lowest BCUT2D eigenvalue weighted by Crippen LogP contribution is -2.44. The van der Waals surface area contributed by atoms with Crippen LogP contribution < -0.4 is 20.1 Å². The largest absolute Gasteiger partial charge is 0.435 e. The Morgan fingerprint density at radius 3 is 2.53 bits per heavy atom. The Morgan fingerprint density at radius 1 is 1.02 bits per heavy atom. The van der Waals surface area contributed by atoms with Crippen molar-refractivity contribution in [3.05, 3.63) is 95.1 Å². The summed E-state index contributed by atoms with van der Waals surface area (Å²) in [5.74, 6) is -6.58. The van der Waals surface area contributed by atoms with Gasteiger partial charge in [0.15, 0.2) is 11.6 Å². The molecule has 0 saturated carbocycles. The summed E-state index contributed by atoms with van der Waals surface area (Å²) >= 11 is -3.08. The van der Waals surface area contributed by atoms with Crippen LogP contribution in [-0.2, 0) is 17.4 Å². The van der Waals surface area contributed by atoms with Crippen molar-refractivity contribution in [3.8, 4) is 22.9 Å². The molecule has 1 aliphatic rings. The minimum Gasteiger partial charge on any atom is -0.435 e. The Bertz CT molecular complexity index is 1710. The van der Waals surface area contributed by atoms with E-state index in [0.29, 0.717) is 18.7 Å². The zero-order valence-electron chi connectivity index (χ0n) is 22.8. The summed E-state index contributed by atoms with van der Waals surface area (Å²) in [5, 5.41) is 5.95. The summed E-state index contributed by atoms with van der Waals surface area (Å²) in [6.07, 6.45) is -3.22. The second-order valence-electron chi connectivity index (χ2n) is 9.84. The number of nitrogens with zero attached hydrogens (tertiary/aromatic N) is 3. The van der Waals surface area contributed by atoms with Crippen LogP contribution in [0.15, 0.2) is 60.9 Å². The van der Waals surface area contributed by atoms with Crippen LogP contribution in [-0.4, -0.2) is 49.0 Å². The van der Waals surface area contributed by atoms with Crippen LogP contribution in [0.25, 0.3) is 11.3 Å². The molecule has 3 heterocycles. The molecule has 0 amide bonds. The molecule has 0 aliphatic carbocycles. The van der Waals surface area contributed by atoms with Crippen molar-refractivity contribution in [2.75, 3.05) is 18.4 Å². The minimum absolute atomic E-state index is 0.134. The first-order valence-electron chi connectivity index (χ1n) is 13.2. The van der Waals surface area contributed by atoms with E-state index in [1.165, 1.54) is 30.6 Å². The molecule has 4 atom stereocenters. The molecular formula is C28H23F7N6O3S. The first-order chi connectivity index (χ1) is 21.4. The van der Waals surface area contributed by atoms with Gasteiger partial charge in [-0.2, -0.15) is 17.6 Å². The van der Waals surface area contributed by atoms with Crippen molar-refractivity contribution in [2.24, 2.45) is 0 Å². The van der Waals surface area contributed by atoms with E-state index in [9.17, 15) is 26.3 Å². The number of aromatic nitrogens is 3. The molecule has 17 heteroatoms. The molecule has 238 valence electrons. The number of hydrogen-bond acceptors (Lipinski definition) is 7. The molecule has 1 fully saturated rings. The van der Waals surface area contributed by atoms with Gasteiger partial charge in [0.05, 0.1) is 22.9 Å². The number of anilines is 1. The number of hydrogen-bond donors (Lipinski definition) is 4. The van der Waals surface area contributed by atoms with Gasteiger partial charge in [0, 0.05) is 49.6 Å². The van der Waals surface area contributed by atoms with E-state index in [4.69, 9.17) is 4.74 Å². The predicted molar refractivity (Wildman–Crippen MR) is 149 cm³/mol. The average Bonchev–Trinajstić information content (AvgIpc) is 2.99. The topological polar surface area (TPSA) is 121 Å². The zero-order valence-corrected chi connectivity index (χ0v) is 23.6. The van der Waals surface area contributed by atoms with Crippen LogP contribution in [0.2, 0.25) is 0 Å². The Morgan fingerprint density at radius 2 is 1.80 bits per heavy atom. The lowest BCUT2D eigenvalue weighted by molar-refractivity contribution is -0.138. The Labute approximate surface area is 253 Å². The van der Waals surface area contributed by atoms with Gasteiger partial charge in [-0.15, -0.1) is 0 Å². The average molecular weight is 657 g/mol. The van der Waals surface area contributed by atoms with Crippen molar-refractivity contribution < 1.29 is 44.2 Å². The van der Waals surface area contributed by atoms with Crippen LogP contribution in [0.1, 0.15) is 29.2 Å². The van der Waals surface area contributed by atoms with E-state index in [1.54, 1.807) is 4.72 Å². The SMILES string of the molecule is O=S(O)NC(c1ccccc1C(F)(F)F)c1c(F)cc(Oc2ncccc2-c2ccnc(N[C@@H]3CNC[C@@H](F)C3)n2)c(F)c1F.